The Morgan fingerprint density at radius 2 is 1.79 bits per heavy atom. The normalized spacial score (nSPS) is 14.3. The Bertz CT molecular complexity index is 1610. The van der Waals surface area contributed by atoms with Crippen molar-refractivity contribution in [1.82, 2.24) is 24.4 Å². The molecule has 39 heavy (non-hydrogen) atoms. The summed E-state index contributed by atoms with van der Waals surface area (Å²) in [4.78, 5) is 42.3. The highest BCUT2D eigenvalue weighted by Crippen LogP contribution is 2.28. The number of nitrogens with two attached hydrogens (primary N) is 1. The summed E-state index contributed by atoms with van der Waals surface area (Å²) in [6, 6.07) is 14.8. The number of aryl methyl sites for hydroxylation is 2. The Labute approximate surface area is 227 Å². The summed E-state index contributed by atoms with van der Waals surface area (Å²) >= 11 is 0. The van der Waals surface area contributed by atoms with Crippen LogP contribution in [0, 0.1) is 13.8 Å². The Balaban J connectivity index is 1.61. The van der Waals surface area contributed by atoms with Crippen LogP contribution in [-0.2, 0) is 4.79 Å². The lowest BCUT2D eigenvalue weighted by molar-refractivity contribution is -0.124. The average molecular weight is 524 g/mol. The van der Waals surface area contributed by atoms with E-state index in [0.29, 0.717) is 40.2 Å². The molecule has 0 saturated carbocycles. The summed E-state index contributed by atoms with van der Waals surface area (Å²) in [5.41, 5.74) is 9.46. The van der Waals surface area contributed by atoms with Crippen molar-refractivity contribution in [3.05, 3.63) is 87.6 Å². The Hall–Kier alpha value is -4.53. The number of hydrogen-bond donors (Lipinski definition) is 2. The molecule has 1 amide bonds. The Morgan fingerprint density at radius 1 is 1.05 bits per heavy atom. The third-order valence-corrected chi connectivity index (χ3v) is 7.14. The fraction of sp³-hybridized carbons (Fsp3) is 0.300. The summed E-state index contributed by atoms with van der Waals surface area (Å²) in [6.45, 7) is 7.32. The number of carbonyl (C=O) groups is 1. The number of nitrogen functional groups attached to an aromatic ring is 1. The molecular weight excluding hydrogens is 490 g/mol. The predicted octanol–water partition coefficient (Wildman–Crippen LogP) is 4.57. The summed E-state index contributed by atoms with van der Waals surface area (Å²) in [5, 5.41) is 4.06. The lowest BCUT2D eigenvalue weighted by atomic mass is 10.1. The number of aromatic nitrogens is 4. The van der Waals surface area contributed by atoms with Crippen LogP contribution in [0.5, 0.6) is 0 Å². The molecule has 0 radical (unpaired) electrons. The van der Waals surface area contributed by atoms with Gasteiger partial charge in [-0.1, -0.05) is 37.3 Å². The van der Waals surface area contributed by atoms with E-state index in [1.54, 1.807) is 16.7 Å². The van der Waals surface area contributed by atoms with Gasteiger partial charge in [0.15, 0.2) is 0 Å². The van der Waals surface area contributed by atoms with E-state index in [4.69, 9.17) is 10.7 Å². The van der Waals surface area contributed by atoms with Gasteiger partial charge in [-0.05, 0) is 62.9 Å². The summed E-state index contributed by atoms with van der Waals surface area (Å²) in [7, 11) is 0. The number of hydrogen-bond acceptors (Lipinski definition) is 7. The highest BCUT2D eigenvalue weighted by Gasteiger charge is 2.23. The molecule has 4 aromatic rings. The van der Waals surface area contributed by atoms with E-state index in [2.05, 4.69) is 15.3 Å². The zero-order chi connectivity index (χ0) is 27.5. The summed E-state index contributed by atoms with van der Waals surface area (Å²) in [6.07, 6.45) is 5.96. The average Bonchev–Trinajstić information content (AvgIpc) is 3.47. The van der Waals surface area contributed by atoms with Gasteiger partial charge in [0.1, 0.15) is 11.6 Å². The molecule has 3 N–H and O–H groups in total. The van der Waals surface area contributed by atoms with E-state index in [9.17, 15) is 9.59 Å². The van der Waals surface area contributed by atoms with Crippen LogP contribution in [0.25, 0.3) is 22.7 Å². The van der Waals surface area contributed by atoms with Crippen LogP contribution in [0.3, 0.4) is 0 Å². The molecule has 200 valence electrons. The van der Waals surface area contributed by atoms with E-state index in [-0.39, 0.29) is 17.4 Å². The second-order valence-corrected chi connectivity index (χ2v) is 9.82. The van der Waals surface area contributed by atoms with Gasteiger partial charge in [-0.25, -0.2) is 9.97 Å². The van der Waals surface area contributed by atoms with Gasteiger partial charge in [0.05, 0.1) is 28.3 Å². The smallest absolute Gasteiger partial charge is 0.266 e. The van der Waals surface area contributed by atoms with Gasteiger partial charge >= 0.3 is 0 Å². The van der Waals surface area contributed by atoms with Crippen molar-refractivity contribution in [1.29, 1.82) is 0 Å². The number of para-hydroxylation sites is 1. The molecule has 9 nitrogen and oxygen atoms in total. The first-order valence-corrected chi connectivity index (χ1v) is 13.3. The molecule has 2 aromatic carbocycles. The lowest BCUT2D eigenvalue weighted by Crippen LogP contribution is -2.29. The SMILES string of the molecule is CCC(Nc1nc(N)nc(C)c1C=CC(=O)N1CCCC1)c1nc2cccc(C)c2c(=O)n1-c1ccccc1. The van der Waals surface area contributed by atoms with Gasteiger partial charge in [0.25, 0.3) is 5.56 Å². The van der Waals surface area contributed by atoms with Gasteiger partial charge in [-0.2, -0.15) is 4.98 Å². The first-order chi connectivity index (χ1) is 18.9. The number of likely N-dealkylation sites (tertiary alicyclic amines) is 1. The van der Waals surface area contributed by atoms with Crippen LogP contribution in [0.1, 0.15) is 54.9 Å². The molecule has 1 aliphatic heterocycles. The largest absolute Gasteiger partial charge is 0.368 e. The zero-order valence-corrected chi connectivity index (χ0v) is 22.5. The number of nitrogens with zero attached hydrogens (tertiary/aromatic N) is 5. The summed E-state index contributed by atoms with van der Waals surface area (Å²) in [5.74, 6) is 1.13. The minimum absolute atomic E-state index is 0.0359. The number of nitrogens with one attached hydrogen (secondary N) is 1. The maximum Gasteiger partial charge on any atom is 0.266 e. The first-order valence-electron chi connectivity index (χ1n) is 13.3. The molecule has 9 heteroatoms. The van der Waals surface area contributed by atoms with Crippen molar-refractivity contribution in [3.8, 4) is 5.69 Å². The summed E-state index contributed by atoms with van der Waals surface area (Å²) < 4.78 is 1.67. The topological polar surface area (TPSA) is 119 Å². The van der Waals surface area contributed by atoms with Gasteiger partial charge < -0.3 is 16.0 Å². The fourth-order valence-corrected chi connectivity index (χ4v) is 5.10. The standard InChI is InChI=1S/C30H33N7O2/c1-4-23(33-27-22(20(3)32-30(31)35-27)15-16-25(38)36-17-8-9-18-36)28-34-24-14-10-11-19(2)26(24)29(39)37(28)21-12-6-5-7-13-21/h5-7,10-16,23H,4,8-9,17-18H2,1-3H3,(H3,31,32,33,35). The maximum atomic E-state index is 13.9. The van der Waals surface area contributed by atoms with Gasteiger partial charge in [-0.15, -0.1) is 0 Å². The van der Waals surface area contributed by atoms with Crippen LogP contribution in [-0.4, -0.2) is 43.4 Å². The number of benzene rings is 2. The van der Waals surface area contributed by atoms with E-state index in [0.717, 1.165) is 37.2 Å². The van der Waals surface area contributed by atoms with Gasteiger partial charge in [0.2, 0.25) is 11.9 Å². The minimum Gasteiger partial charge on any atom is -0.368 e. The number of fused-ring (bicyclic) bond motifs is 1. The van der Waals surface area contributed by atoms with Gasteiger partial charge in [-0.3, -0.25) is 14.2 Å². The molecule has 1 atom stereocenters. The first kappa shape index (κ1) is 26.1. The van der Waals surface area contributed by atoms with Gasteiger partial charge in [0, 0.05) is 24.7 Å². The van der Waals surface area contributed by atoms with Crippen molar-refractivity contribution in [2.75, 3.05) is 24.1 Å². The predicted molar refractivity (Wildman–Crippen MR) is 155 cm³/mol. The molecule has 0 spiro atoms. The molecular formula is C30H33N7O2. The number of rotatable bonds is 7. The molecule has 1 fully saturated rings. The van der Waals surface area contributed by atoms with Crippen molar-refractivity contribution >= 4 is 34.7 Å². The lowest BCUT2D eigenvalue weighted by Gasteiger charge is -2.23. The number of amides is 1. The molecule has 1 saturated heterocycles. The number of anilines is 2. The second kappa shape index (κ2) is 11.1. The Kier molecular flexibility index (Phi) is 7.40. The molecule has 3 heterocycles. The van der Waals surface area contributed by atoms with Crippen molar-refractivity contribution in [2.45, 2.75) is 46.1 Å². The maximum absolute atomic E-state index is 13.9. The second-order valence-electron chi connectivity index (χ2n) is 9.82. The van der Waals surface area contributed by atoms with Crippen molar-refractivity contribution < 1.29 is 4.79 Å². The zero-order valence-electron chi connectivity index (χ0n) is 22.5. The monoisotopic (exact) mass is 523 g/mol. The van der Waals surface area contributed by atoms with Crippen LogP contribution in [0.15, 0.2) is 59.4 Å². The van der Waals surface area contributed by atoms with Crippen LogP contribution >= 0.6 is 0 Å². The van der Waals surface area contributed by atoms with E-state index in [1.165, 1.54) is 0 Å². The van der Waals surface area contributed by atoms with Crippen LogP contribution < -0.4 is 16.6 Å². The fourth-order valence-electron chi connectivity index (χ4n) is 5.10. The molecule has 0 bridgehead atoms. The highest BCUT2D eigenvalue weighted by molar-refractivity contribution is 5.93. The molecule has 0 aliphatic carbocycles. The van der Waals surface area contributed by atoms with E-state index < -0.39 is 6.04 Å². The molecule has 1 unspecified atom stereocenters. The Morgan fingerprint density at radius 3 is 2.51 bits per heavy atom. The van der Waals surface area contributed by atoms with Crippen LogP contribution in [0.2, 0.25) is 0 Å². The quantitative estimate of drug-likeness (QED) is 0.341. The van der Waals surface area contributed by atoms with Crippen LogP contribution in [0.4, 0.5) is 11.8 Å². The third kappa shape index (κ3) is 5.25. The van der Waals surface area contributed by atoms with Crippen molar-refractivity contribution in [2.24, 2.45) is 0 Å². The van der Waals surface area contributed by atoms with E-state index >= 15 is 0 Å². The third-order valence-electron chi connectivity index (χ3n) is 7.14. The van der Waals surface area contributed by atoms with E-state index in [1.807, 2.05) is 74.2 Å². The highest BCUT2D eigenvalue weighted by atomic mass is 16.2. The molecule has 2 aromatic heterocycles. The van der Waals surface area contributed by atoms with Crippen molar-refractivity contribution in [3.63, 3.8) is 0 Å². The minimum atomic E-state index is -0.391. The molecule has 1 aliphatic rings. The number of carbonyl (C=O) groups excluding carboxylic acids is 1. The molecule has 5 rings (SSSR count).